The number of oxime groups is 1. The zero-order chi connectivity index (χ0) is 20.7. The van der Waals surface area contributed by atoms with Crippen molar-refractivity contribution < 1.29 is 31.9 Å². The molecule has 1 amide bonds. The lowest BCUT2D eigenvalue weighted by Crippen LogP contribution is -2.42. The third kappa shape index (κ3) is 3.72. The Kier molecular flexibility index (Phi) is 5.16. The Morgan fingerprint density at radius 2 is 1.82 bits per heavy atom. The molecule has 148 valence electrons. The smallest absolute Gasteiger partial charge is 0.407 e. The highest BCUT2D eigenvalue weighted by Gasteiger charge is 2.62. The van der Waals surface area contributed by atoms with Gasteiger partial charge in [-0.15, -0.1) is 0 Å². The number of carbonyl (C=O) groups is 1. The fourth-order valence-electron chi connectivity index (χ4n) is 2.72. The van der Waals surface area contributed by atoms with E-state index in [4.69, 9.17) is 33.8 Å². The molecule has 2 aromatic rings. The fraction of sp³-hybridized carbons (Fsp3) is 0.176. The van der Waals surface area contributed by atoms with Gasteiger partial charge in [0.05, 0.1) is 5.71 Å². The molecule has 1 unspecified atom stereocenters. The molecule has 11 heteroatoms. The Balaban J connectivity index is 1.98. The lowest BCUT2D eigenvalue weighted by atomic mass is 9.86. The summed E-state index contributed by atoms with van der Waals surface area (Å²) in [6.07, 6.45) is -6.86. The molecule has 0 spiro atoms. The molecule has 1 aliphatic heterocycles. The maximum absolute atomic E-state index is 14.0. The normalized spacial score (nSPS) is 19.1. The average Bonchev–Trinajstić information content (AvgIpc) is 3.02. The summed E-state index contributed by atoms with van der Waals surface area (Å²) in [6.45, 7) is 0. The summed E-state index contributed by atoms with van der Waals surface area (Å²) in [5, 5.41) is 3.48. The molecule has 2 N–H and O–H groups in total. The van der Waals surface area contributed by atoms with Crippen LogP contribution in [0, 0.1) is 5.82 Å². The van der Waals surface area contributed by atoms with Crippen LogP contribution in [0.3, 0.4) is 0 Å². The minimum absolute atomic E-state index is 0.00794. The molecule has 1 aliphatic rings. The molecule has 0 bridgehead atoms. The van der Waals surface area contributed by atoms with Crippen molar-refractivity contribution in [2.75, 3.05) is 0 Å². The van der Waals surface area contributed by atoms with Gasteiger partial charge in [-0.25, -0.2) is 9.18 Å². The predicted octanol–water partition coefficient (Wildman–Crippen LogP) is 5.17. The van der Waals surface area contributed by atoms with Gasteiger partial charge in [-0.2, -0.15) is 13.2 Å². The minimum atomic E-state index is -4.88. The van der Waals surface area contributed by atoms with E-state index in [1.807, 2.05) is 0 Å². The molecular formula is C17H10Cl2F4N2O3. The van der Waals surface area contributed by atoms with Crippen LogP contribution in [0.5, 0.6) is 5.75 Å². The van der Waals surface area contributed by atoms with Crippen molar-refractivity contribution in [2.24, 2.45) is 10.9 Å². The molecule has 5 nitrogen and oxygen atoms in total. The number of nitrogens with zero attached hydrogens (tertiary/aromatic N) is 1. The van der Waals surface area contributed by atoms with Crippen LogP contribution in [0.25, 0.3) is 0 Å². The van der Waals surface area contributed by atoms with Gasteiger partial charge in [-0.05, 0) is 36.4 Å². The SMILES string of the molecule is NC(=O)Oc1ccc(C2=NOC(c3cc(Cl)cc(Cl)c3)(C(F)(F)F)C2)cc1F. The predicted molar refractivity (Wildman–Crippen MR) is 93.0 cm³/mol. The van der Waals surface area contributed by atoms with Crippen LogP contribution in [0.2, 0.25) is 10.0 Å². The van der Waals surface area contributed by atoms with Gasteiger partial charge in [0.25, 0.3) is 5.60 Å². The molecule has 1 atom stereocenters. The van der Waals surface area contributed by atoms with Crippen LogP contribution in [-0.2, 0) is 10.4 Å². The Morgan fingerprint density at radius 3 is 2.36 bits per heavy atom. The van der Waals surface area contributed by atoms with E-state index in [1.165, 1.54) is 12.1 Å². The summed E-state index contributed by atoms with van der Waals surface area (Å²) >= 11 is 11.7. The van der Waals surface area contributed by atoms with Gasteiger partial charge in [-0.3, -0.25) is 0 Å². The van der Waals surface area contributed by atoms with E-state index in [9.17, 15) is 22.4 Å². The zero-order valence-electron chi connectivity index (χ0n) is 13.7. The van der Waals surface area contributed by atoms with Crippen LogP contribution in [0.1, 0.15) is 17.5 Å². The summed E-state index contributed by atoms with van der Waals surface area (Å²) in [4.78, 5) is 15.5. The van der Waals surface area contributed by atoms with Crippen molar-refractivity contribution in [3.63, 3.8) is 0 Å². The second-order valence-corrected chi connectivity index (χ2v) is 6.73. The second kappa shape index (κ2) is 7.14. The van der Waals surface area contributed by atoms with Crippen molar-refractivity contribution in [3.8, 4) is 5.75 Å². The molecule has 0 saturated carbocycles. The Morgan fingerprint density at radius 1 is 1.18 bits per heavy atom. The number of benzene rings is 2. The number of hydrogen-bond donors (Lipinski definition) is 1. The highest BCUT2D eigenvalue weighted by atomic mass is 35.5. The third-order valence-corrected chi connectivity index (χ3v) is 4.43. The van der Waals surface area contributed by atoms with Crippen LogP contribution in [0.4, 0.5) is 22.4 Å². The van der Waals surface area contributed by atoms with Gasteiger partial charge in [0.2, 0.25) is 0 Å². The first-order valence-corrected chi connectivity index (χ1v) is 8.33. The number of hydrogen-bond acceptors (Lipinski definition) is 4. The summed E-state index contributed by atoms with van der Waals surface area (Å²) in [6, 6.07) is 6.55. The summed E-state index contributed by atoms with van der Waals surface area (Å²) in [5.41, 5.74) is 1.47. The van der Waals surface area contributed by atoms with Crippen LogP contribution in [-0.4, -0.2) is 18.0 Å². The van der Waals surface area contributed by atoms with Gasteiger partial charge in [0.1, 0.15) is 0 Å². The quantitative estimate of drug-likeness (QED) is 0.674. The number of rotatable bonds is 3. The highest BCUT2D eigenvalue weighted by molar-refractivity contribution is 6.34. The first-order valence-electron chi connectivity index (χ1n) is 7.57. The fourth-order valence-corrected chi connectivity index (χ4v) is 3.24. The molecule has 0 aromatic heterocycles. The zero-order valence-corrected chi connectivity index (χ0v) is 15.2. The summed E-state index contributed by atoms with van der Waals surface area (Å²) < 4.78 is 60.2. The number of alkyl halides is 3. The van der Waals surface area contributed by atoms with Crippen LogP contribution in [0.15, 0.2) is 41.6 Å². The number of amides is 1. The van der Waals surface area contributed by atoms with Crippen molar-refractivity contribution in [1.29, 1.82) is 0 Å². The molecule has 3 rings (SSSR count). The largest absolute Gasteiger partial charge is 0.435 e. The molecular weight excluding hydrogens is 427 g/mol. The standard InChI is InChI=1S/C17H10Cl2F4N2O3/c18-10-4-9(5-11(19)6-10)16(17(21,22)23)7-13(25-28-16)8-1-2-14(12(20)3-8)27-15(24)26/h1-6H,7H2,(H2,24,26). The number of primary amides is 1. The van der Waals surface area contributed by atoms with Crippen molar-refractivity contribution in [2.45, 2.75) is 18.2 Å². The van der Waals surface area contributed by atoms with E-state index < -0.39 is 35.9 Å². The molecule has 1 heterocycles. The summed E-state index contributed by atoms with van der Waals surface area (Å²) in [7, 11) is 0. The van der Waals surface area contributed by atoms with Crippen molar-refractivity contribution in [1.82, 2.24) is 0 Å². The molecule has 0 aliphatic carbocycles. The highest BCUT2D eigenvalue weighted by Crippen LogP contribution is 2.49. The monoisotopic (exact) mass is 436 g/mol. The lowest BCUT2D eigenvalue weighted by Gasteiger charge is -2.29. The van der Waals surface area contributed by atoms with E-state index in [2.05, 4.69) is 9.89 Å². The van der Waals surface area contributed by atoms with Gasteiger partial charge in [-0.1, -0.05) is 28.4 Å². The van der Waals surface area contributed by atoms with E-state index in [0.29, 0.717) is 0 Å². The summed E-state index contributed by atoms with van der Waals surface area (Å²) in [5.74, 6) is -1.48. The maximum Gasteiger partial charge on any atom is 0.435 e. The Labute approximate surface area is 165 Å². The lowest BCUT2D eigenvalue weighted by molar-refractivity contribution is -0.275. The van der Waals surface area contributed by atoms with Gasteiger partial charge < -0.3 is 15.3 Å². The van der Waals surface area contributed by atoms with Gasteiger partial charge in [0, 0.05) is 27.6 Å². The first-order chi connectivity index (χ1) is 13.0. The van der Waals surface area contributed by atoms with E-state index in [0.717, 1.165) is 24.3 Å². The average molecular weight is 437 g/mol. The Bertz CT molecular complexity index is 961. The van der Waals surface area contributed by atoms with Gasteiger partial charge >= 0.3 is 12.3 Å². The third-order valence-electron chi connectivity index (χ3n) is 3.99. The second-order valence-electron chi connectivity index (χ2n) is 5.86. The number of ether oxygens (including phenoxy) is 1. The van der Waals surface area contributed by atoms with Crippen LogP contribution >= 0.6 is 23.2 Å². The first kappa shape index (κ1) is 20.2. The van der Waals surface area contributed by atoms with E-state index in [-0.39, 0.29) is 26.9 Å². The minimum Gasteiger partial charge on any atom is -0.407 e. The maximum atomic E-state index is 14.0. The number of halogens is 6. The topological polar surface area (TPSA) is 73.9 Å². The van der Waals surface area contributed by atoms with E-state index >= 15 is 0 Å². The molecule has 2 aromatic carbocycles. The molecule has 0 radical (unpaired) electrons. The number of nitrogens with two attached hydrogens (primary N) is 1. The Hall–Kier alpha value is -2.52. The van der Waals surface area contributed by atoms with Crippen LogP contribution < -0.4 is 10.5 Å². The molecule has 28 heavy (non-hydrogen) atoms. The van der Waals surface area contributed by atoms with Crippen molar-refractivity contribution in [3.05, 3.63) is 63.4 Å². The number of carbonyl (C=O) groups excluding carboxylic acids is 1. The van der Waals surface area contributed by atoms with Gasteiger partial charge in [0.15, 0.2) is 11.6 Å². The molecule has 0 saturated heterocycles. The van der Waals surface area contributed by atoms with E-state index in [1.54, 1.807) is 0 Å². The van der Waals surface area contributed by atoms with Crippen molar-refractivity contribution >= 4 is 35.0 Å². The molecule has 0 fully saturated rings.